The van der Waals surface area contributed by atoms with E-state index >= 15 is 0 Å². The van der Waals surface area contributed by atoms with Crippen molar-refractivity contribution < 1.29 is 10.0 Å². The number of rotatable bonds is 3. The molecule has 0 aliphatic heterocycles. The van der Waals surface area contributed by atoms with Crippen LogP contribution in [0.2, 0.25) is 0 Å². The van der Waals surface area contributed by atoms with Gasteiger partial charge in [-0.1, -0.05) is 13.0 Å². The molecule has 0 fully saturated rings. The van der Waals surface area contributed by atoms with Crippen LogP contribution in [0.1, 0.15) is 12.5 Å². The van der Waals surface area contributed by atoms with Crippen LogP contribution in [-0.4, -0.2) is 16.6 Å². The number of benzene rings is 1. The topological polar surface area (TPSA) is 63.4 Å². The Kier molecular flexibility index (Phi) is 3.60. The summed E-state index contributed by atoms with van der Waals surface area (Å²) >= 11 is 3.11. The zero-order valence-corrected chi connectivity index (χ0v) is 9.11. The van der Waals surface area contributed by atoms with E-state index in [-0.39, 0.29) is 12.3 Å². The Morgan fingerprint density at radius 2 is 2.29 bits per heavy atom. The molecule has 0 atom stereocenters. The predicted octanol–water partition coefficient (Wildman–Crippen LogP) is 2.29. The van der Waals surface area contributed by atoms with Gasteiger partial charge in [-0.05, 0) is 27.6 Å². The second kappa shape index (κ2) is 4.52. The molecule has 0 aromatic heterocycles. The number of hydrogen-bond donors (Lipinski definition) is 1. The SMILES string of the molecule is C[C](CO)c1ccc([N+](=O)[O-])c(Br)c1. The normalized spacial score (nSPS) is 10.6. The van der Waals surface area contributed by atoms with Gasteiger partial charge in [0.25, 0.3) is 5.69 Å². The Morgan fingerprint density at radius 3 is 2.71 bits per heavy atom. The lowest BCUT2D eigenvalue weighted by Crippen LogP contribution is -2.00. The Balaban J connectivity index is 3.06. The Bertz CT molecular complexity index is 354. The molecule has 1 rings (SSSR count). The van der Waals surface area contributed by atoms with Crippen LogP contribution in [-0.2, 0) is 0 Å². The van der Waals surface area contributed by atoms with Gasteiger partial charge in [0, 0.05) is 12.0 Å². The lowest BCUT2D eigenvalue weighted by atomic mass is 10.0. The van der Waals surface area contributed by atoms with E-state index in [1.165, 1.54) is 6.07 Å². The van der Waals surface area contributed by atoms with E-state index < -0.39 is 4.92 Å². The fourth-order valence-electron chi connectivity index (χ4n) is 1.01. The van der Waals surface area contributed by atoms with Gasteiger partial charge in [0.05, 0.1) is 16.0 Å². The Hall–Kier alpha value is -0.940. The van der Waals surface area contributed by atoms with Crippen LogP contribution in [0.5, 0.6) is 0 Å². The molecule has 1 radical (unpaired) electrons. The predicted molar refractivity (Wildman–Crippen MR) is 55.9 cm³/mol. The second-order valence-electron chi connectivity index (χ2n) is 2.86. The number of aliphatic hydroxyl groups is 1. The first-order valence-electron chi connectivity index (χ1n) is 3.94. The summed E-state index contributed by atoms with van der Waals surface area (Å²) in [6, 6.07) is 4.66. The van der Waals surface area contributed by atoms with Crippen molar-refractivity contribution in [3.63, 3.8) is 0 Å². The summed E-state index contributed by atoms with van der Waals surface area (Å²) in [5.74, 6) is 0.778. The van der Waals surface area contributed by atoms with Gasteiger partial charge in [0.1, 0.15) is 0 Å². The highest BCUT2D eigenvalue weighted by Crippen LogP contribution is 2.28. The maximum atomic E-state index is 10.5. The van der Waals surface area contributed by atoms with Crippen molar-refractivity contribution >= 4 is 21.6 Å². The number of aliphatic hydroxyl groups excluding tert-OH is 1. The van der Waals surface area contributed by atoms with Gasteiger partial charge >= 0.3 is 0 Å². The molecular formula is C9H9BrNO3. The summed E-state index contributed by atoms with van der Waals surface area (Å²) in [5, 5.41) is 19.4. The van der Waals surface area contributed by atoms with Crippen molar-refractivity contribution in [1.82, 2.24) is 0 Å². The van der Waals surface area contributed by atoms with Crippen LogP contribution < -0.4 is 0 Å². The summed E-state index contributed by atoms with van der Waals surface area (Å²) < 4.78 is 0.424. The summed E-state index contributed by atoms with van der Waals surface area (Å²) in [4.78, 5) is 10.0. The van der Waals surface area contributed by atoms with Crippen molar-refractivity contribution in [3.05, 3.63) is 44.3 Å². The maximum Gasteiger partial charge on any atom is 0.283 e. The molecular weight excluding hydrogens is 250 g/mol. The highest BCUT2D eigenvalue weighted by Gasteiger charge is 2.13. The zero-order valence-electron chi connectivity index (χ0n) is 7.53. The molecule has 1 aromatic carbocycles. The first-order valence-corrected chi connectivity index (χ1v) is 4.73. The third-order valence-electron chi connectivity index (χ3n) is 1.87. The summed E-state index contributed by atoms with van der Waals surface area (Å²) in [6.45, 7) is 1.72. The van der Waals surface area contributed by atoms with Crippen molar-refractivity contribution in [2.45, 2.75) is 6.92 Å². The molecule has 0 saturated carbocycles. The molecule has 0 saturated heterocycles. The molecule has 0 aliphatic rings. The van der Waals surface area contributed by atoms with Gasteiger partial charge in [-0.3, -0.25) is 10.1 Å². The van der Waals surface area contributed by atoms with E-state index in [2.05, 4.69) is 15.9 Å². The number of nitro groups is 1. The van der Waals surface area contributed by atoms with Crippen molar-refractivity contribution in [2.24, 2.45) is 0 Å². The third kappa shape index (κ3) is 2.30. The monoisotopic (exact) mass is 258 g/mol. The van der Waals surface area contributed by atoms with Gasteiger partial charge in [0.2, 0.25) is 0 Å². The molecule has 0 bridgehead atoms. The average Bonchev–Trinajstić information content (AvgIpc) is 2.15. The molecule has 0 aliphatic carbocycles. The quantitative estimate of drug-likeness (QED) is 0.669. The number of nitro benzene ring substituents is 1. The summed E-state index contributed by atoms with van der Waals surface area (Å²) in [5.41, 5.74) is 0.824. The minimum absolute atomic E-state index is 0.0273. The van der Waals surface area contributed by atoms with E-state index in [0.29, 0.717) is 4.47 Å². The average molecular weight is 259 g/mol. The van der Waals surface area contributed by atoms with Crippen molar-refractivity contribution in [2.75, 3.05) is 6.61 Å². The van der Waals surface area contributed by atoms with E-state index in [1.807, 2.05) is 0 Å². The summed E-state index contributed by atoms with van der Waals surface area (Å²) in [7, 11) is 0. The molecule has 0 spiro atoms. The van der Waals surface area contributed by atoms with Gasteiger partial charge in [-0.2, -0.15) is 0 Å². The summed E-state index contributed by atoms with van der Waals surface area (Å²) in [6.07, 6.45) is 0. The minimum atomic E-state index is -0.456. The van der Waals surface area contributed by atoms with Crippen molar-refractivity contribution in [3.8, 4) is 0 Å². The van der Waals surface area contributed by atoms with Gasteiger partial charge in [-0.25, -0.2) is 0 Å². The third-order valence-corrected chi connectivity index (χ3v) is 2.51. The van der Waals surface area contributed by atoms with E-state index in [1.54, 1.807) is 19.1 Å². The standard InChI is InChI=1S/C9H9BrNO3/c1-6(5-12)7-2-3-9(11(13)14)8(10)4-7/h2-4,12H,5H2,1H3. The molecule has 1 N–H and O–H groups in total. The van der Waals surface area contributed by atoms with E-state index in [4.69, 9.17) is 5.11 Å². The molecule has 4 nitrogen and oxygen atoms in total. The number of halogens is 1. The molecule has 0 heterocycles. The van der Waals surface area contributed by atoms with Gasteiger partial charge < -0.3 is 5.11 Å². The van der Waals surface area contributed by atoms with Crippen LogP contribution >= 0.6 is 15.9 Å². The zero-order chi connectivity index (χ0) is 10.7. The highest BCUT2D eigenvalue weighted by atomic mass is 79.9. The van der Waals surface area contributed by atoms with E-state index in [0.717, 1.165) is 11.5 Å². The molecule has 75 valence electrons. The fraction of sp³-hybridized carbons (Fsp3) is 0.222. The Morgan fingerprint density at radius 1 is 1.64 bits per heavy atom. The van der Waals surface area contributed by atoms with Crippen LogP contribution in [0.4, 0.5) is 5.69 Å². The molecule has 14 heavy (non-hydrogen) atoms. The lowest BCUT2D eigenvalue weighted by molar-refractivity contribution is -0.385. The number of hydrogen-bond acceptors (Lipinski definition) is 3. The maximum absolute atomic E-state index is 10.5. The fourth-order valence-corrected chi connectivity index (χ4v) is 1.54. The Labute approximate surface area is 89.8 Å². The second-order valence-corrected chi connectivity index (χ2v) is 3.72. The van der Waals surface area contributed by atoms with Crippen molar-refractivity contribution in [1.29, 1.82) is 0 Å². The molecule has 1 aromatic rings. The van der Waals surface area contributed by atoms with Gasteiger partial charge in [-0.15, -0.1) is 0 Å². The first-order chi connectivity index (χ1) is 6.56. The van der Waals surface area contributed by atoms with E-state index in [9.17, 15) is 10.1 Å². The smallest absolute Gasteiger partial charge is 0.283 e. The first kappa shape index (κ1) is 11.1. The lowest BCUT2D eigenvalue weighted by Gasteiger charge is -2.07. The molecule has 0 amide bonds. The van der Waals surface area contributed by atoms with Crippen LogP contribution in [0.15, 0.2) is 22.7 Å². The highest BCUT2D eigenvalue weighted by molar-refractivity contribution is 9.10. The van der Waals surface area contributed by atoms with Crippen LogP contribution in [0.3, 0.4) is 0 Å². The number of nitrogens with zero attached hydrogens (tertiary/aromatic N) is 1. The van der Waals surface area contributed by atoms with Gasteiger partial charge in [0.15, 0.2) is 0 Å². The molecule has 5 heteroatoms. The largest absolute Gasteiger partial charge is 0.395 e. The van der Waals surface area contributed by atoms with Crippen LogP contribution in [0.25, 0.3) is 0 Å². The minimum Gasteiger partial charge on any atom is -0.395 e. The molecule has 0 unspecified atom stereocenters. The van der Waals surface area contributed by atoms with Crippen LogP contribution in [0, 0.1) is 16.0 Å².